The van der Waals surface area contributed by atoms with Crippen molar-refractivity contribution in [3.8, 4) is 34.6 Å². The molecule has 0 radical (unpaired) electrons. The summed E-state index contributed by atoms with van der Waals surface area (Å²) in [6, 6.07) is 55.5. The van der Waals surface area contributed by atoms with E-state index >= 15 is 0 Å². The van der Waals surface area contributed by atoms with E-state index in [1.54, 1.807) is 11.3 Å². The van der Waals surface area contributed by atoms with Crippen molar-refractivity contribution in [2.24, 2.45) is 0 Å². The van der Waals surface area contributed by atoms with Gasteiger partial charge in [0.05, 0.1) is 55.3 Å². The Kier molecular flexibility index (Phi) is 5.84. The average molecular weight is 641 g/mol. The maximum Gasteiger partial charge on any atom is 0.101 e. The monoisotopic (exact) mass is 640 g/mol. The van der Waals surface area contributed by atoms with Gasteiger partial charge in [-0.25, -0.2) is 0 Å². The summed E-state index contributed by atoms with van der Waals surface area (Å²) in [5.41, 5.74) is 10.2. The molecule has 0 saturated heterocycles. The lowest BCUT2D eigenvalue weighted by atomic mass is 10.0. The maximum atomic E-state index is 9.91. The second kappa shape index (κ2) is 10.4. The fraction of sp³-hybridized carbons (Fsp3) is 0. The SMILES string of the molecule is N#Cc1ccc2c(c1)c1ccccc1n2-c1ccccc1-c1ccccc1-n1c2ccccc2c2c3sc4c(C#N)cccc4c3ccc21. The highest BCUT2D eigenvalue weighted by molar-refractivity contribution is 7.27. The van der Waals surface area contributed by atoms with Crippen molar-refractivity contribution in [1.29, 1.82) is 10.5 Å². The lowest BCUT2D eigenvalue weighted by Crippen LogP contribution is -2.01. The van der Waals surface area contributed by atoms with Gasteiger partial charge in [-0.2, -0.15) is 10.5 Å². The maximum absolute atomic E-state index is 9.91. The summed E-state index contributed by atoms with van der Waals surface area (Å²) in [7, 11) is 0. The number of hydrogen-bond donors (Lipinski definition) is 0. The van der Waals surface area contributed by atoms with Gasteiger partial charge in [0, 0.05) is 48.1 Å². The molecule has 49 heavy (non-hydrogen) atoms. The van der Waals surface area contributed by atoms with E-state index in [4.69, 9.17) is 0 Å². The number of para-hydroxylation sites is 4. The second-order valence-electron chi connectivity index (χ2n) is 12.3. The van der Waals surface area contributed by atoms with Gasteiger partial charge in [-0.05, 0) is 54.6 Å². The molecule has 0 fully saturated rings. The van der Waals surface area contributed by atoms with E-state index in [9.17, 15) is 10.5 Å². The summed E-state index contributed by atoms with van der Waals surface area (Å²) in [4.78, 5) is 0. The summed E-state index contributed by atoms with van der Waals surface area (Å²) < 4.78 is 6.96. The van der Waals surface area contributed by atoms with Crippen molar-refractivity contribution in [3.63, 3.8) is 0 Å². The Balaban J connectivity index is 1.28. The first-order valence-electron chi connectivity index (χ1n) is 16.1. The first-order valence-corrected chi connectivity index (χ1v) is 17.0. The van der Waals surface area contributed by atoms with Crippen molar-refractivity contribution in [3.05, 3.63) is 157 Å². The molecule has 0 aliphatic carbocycles. The van der Waals surface area contributed by atoms with Gasteiger partial charge in [0.1, 0.15) is 6.07 Å². The number of aromatic nitrogens is 2. The normalized spacial score (nSPS) is 11.6. The fourth-order valence-corrected chi connectivity index (χ4v) is 9.07. The van der Waals surface area contributed by atoms with Crippen molar-refractivity contribution in [2.75, 3.05) is 0 Å². The molecule has 10 aromatic rings. The summed E-state index contributed by atoms with van der Waals surface area (Å²) in [5, 5.41) is 26.5. The highest BCUT2D eigenvalue weighted by Gasteiger charge is 2.22. The van der Waals surface area contributed by atoms with Crippen LogP contribution in [0.3, 0.4) is 0 Å². The summed E-state index contributed by atoms with van der Waals surface area (Å²) in [6.45, 7) is 0. The van der Waals surface area contributed by atoms with Crippen molar-refractivity contribution < 1.29 is 0 Å². The van der Waals surface area contributed by atoms with Crippen LogP contribution in [-0.2, 0) is 0 Å². The van der Waals surface area contributed by atoms with Gasteiger partial charge in [-0.15, -0.1) is 11.3 Å². The van der Waals surface area contributed by atoms with Gasteiger partial charge >= 0.3 is 0 Å². The van der Waals surface area contributed by atoms with Gasteiger partial charge in [0.2, 0.25) is 0 Å². The van der Waals surface area contributed by atoms with Crippen LogP contribution in [0.5, 0.6) is 0 Å². The third-order valence-corrected chi connectivity index (χ3v) is 11.1. The molecule has 10 rings (SSSR count). The lowest BCUT2D eigenvalue weighted by molar-refractivity contribution is 1.16. The molecule has 0 aliphatic rings. The van der Waals surface area contributed by atoms with E-state index in [2.05, 4.69) is 143 Å². The summed E-state index contributed by atoms with van der Waals surface area (Å²) in [5.74, 6) is 0. The Morgan fingerprint density at radius 1 is 0.429 bits per heavy atom. The van der Waals surface area contributed by atoms with E-state index < -0.39 is 0 Å². The standard InChI is InChI=1S/C44H24N4S/c45-25-27-20-22-40-35(24-27)31-13-3-7-18-38(31)47(40)36-16-5-1-11-29(36)30-12-2-6-17-37(30)48-39-19-8-4-14-34(39)42-41(48)23-21-33-32-15-9-10-28(26-46)43(32)49-44(33)42/h1-24H. The van der Waals surface area contributed by atoms with Gasteiger partial charge < -0.3 is 9.13 Å². The third kappa shape index (κ3) is 3.82. The molecule has 7 aromatic carbocycles. The predicted octanol–water partition coefficient (Wildman–Crippen LogP) is 11.7. The second-order valence-corrected chi connectivity index (χ2v) is 13.3. The van der Waals surface area contributed by atoms with E-state index in [1.165, 1.54) is 20.9 Å². The van der Waals surface area contributed by atoms with Crippen LogP contribution < -0.4 is 0 Å². The molecule has 0 amide bonds. The molecule has 0 atom stereocenters. The van der Waals surface area contributed by atoms with Crippen LogP contribution in [0.1, 0.15) is 11.1 Å². The van der Waals surface area contributed by atoms with Crippen molar-refractivity contribution >= 4 is 75.1 Å². The molecule has 0 aliphatic heterocycles. The van der Waals surface area contributed by atoms with Crippen LogP contribution in [-0.4, -0.2) is 9.13 Å². The number of benzene rings is 7. The Morgan fingerprint density at radius 2 is 1.00 bits per heavy atom. The number of fused-ring (bicyclic) bond motifs is 10. The number of nitriles is 2. The van der Waals surface area contributed by atoms with Gasteiger partial charge in [0.15, 0.2) is 0 Å². The minimum absolute atomic E-state index is 0.650. The van der Waals surface area contributed by atoms with Crippen LogP contribution in [0, 0.1) is 22.7 Å². The van der Waals surface area contributed by atoms with E-state index in [-0.39, 0.29) is 0 Å². The largest absolute Gasteiger partial charge is 0.309 e. The first-order chi connectivity index (χ1) is 24.2. The Morgan fingerprint density at radius 3 is 1.73 bits per heavy atom. The number of hydrogen-bond acceptors (Lipinski definition) is 3. The third-order valence-electron chi connectivity index (χ3n) is 9.80. The quantitative estimate of drug-likeness (QED) is 0.193. The molecule has 0 spiro atoms. The van der Waals surface area contributed by atoms with E-state index in [0.29, 0.717) is 11.1 Å². The van der Waals surface area contributed by atoms with Crippen LogP contribution >= 0.6 is 11.3 Å². The lowest BCUT2D eigenvalue weighted by Gasteiger charge is -2.18. The van der Waals surface area contributed by atoms with Gasteiger partial charge in [-0.3, -0.25) is 0 Å². The van der Waals surface area contributed by atoms with Gasteiger partial charge in [0.25, 0.3) is 0 Å². The number of thiophene rings is 1. The van der Waals surface area contributed by atoms with Crippen LogP contribution in [0.15, 0.2) is 146 Å². The molecule has 3 heterocycles. The highest BCUT2D eigenvalue weighted by Crippen LogP contribution is 2.45. The molecule has 0 unspecified atom stereocenters. The van der Waals surface area contributed by atoms with Crippen molar-refractivity contribution in [2.45, 2.75) is 0 Å². The Hall–Kier alpha value is -6.66. The fourth-order valence-electron chi connectivity index (χ4n) is 7.75. The van der Waals surface area contributed by atoms with Crippen LogP contribution in [0.25, 0.3) is 86.3 Å². The number of rotatable bonds is 3. The summed E-state index contributed by atoms with van der Waals surface area (Å²) >= 11 is 1.71. The number of nitrogens with zero attached hydrogens (tertiary/aromatic N) is 4. The molecule has 0 saturated carbocycles. The first kappa shape index (κ1) is 27.5. The molecule has 5 heteroatoms. The zero-order valence-corrected chi connectivity index (χ0v) is 26.9. The van der Waals surface area contributed by atoms with E-state index in [1.807, 2.05) is 24.3 Å². The smallest absolute Gasteiger partial charge is 0.101 e. The molecule has 0 bridgehead atoms. The highest BCUT2D eigenvalue weighted by atomic mass is 32.1. The predicted molar refractivity (Wildman–Crippen MR) is 203 cm³/mol. The zero-order valence-electron chi connectivity index (χ0n) is 26.1. The zero-order chi connectivity index (χ0) is 32.6. The molecule has 0 N–H and O–H groups in total. The molecule has 3 aromatic heterocycles. The molecular formula is C44H24N4S. The van der Waals surface area contributed by atoms with Gasteiger partial charge in [-0.1, -0.05) is 91.0 Å². The minimum Gasteiger partial charge on any atom is -0.309 e. The van der Waals surface area contributed by atoms with E-state index in [0.717, 1.165) is 65.4 Å². The Labute approximate surface area is 285 Å². The minimum atomic E-state index is 0.650. The Bertz CT molecular complexity index is 3090. The molecular weight excluding hydrogens is 617 g/mol. The van der Waals surface area contributed by atoms with Crippen LogP contribution in [0.4, 0.5) is 0 Å². The topological polar surface area (TPSA) is 57.4 Å². The molecule has 4 nitrogen and oxygen atoms in total. The van der Waals surface area contributed by atoms with Crippen LogP contribution in [0.2, 0.25) is 0 Å². The molecule has 226 valence electrons. The average Bonchev–Trinajstić information content (AvgIpc) is 3.82. The summed E-state index contributed by atoms with van der Waals surface area (Å²) in [6.07, 6.45) is 0. The van der Waals surface area contributed by atoms with Crippen molar-refractivity contribution in [1.82, 2.24) is 9.13 Å².